The number of carbonyl (C=O) groups is 6. The second-order valence-electron chi connectivity index (χ2n) is 20.7. The van der Waals surface area contributed by atoms with E-state index in [1.54, 1.807) is 19.0 Å². The molecule has 0 radical (unpaired) electrons. The normalized spacial score (nSPS) is 30.9. The molecule has 7 aliphatic rings. The maximum atomic E-state index is 14.0. The SMILES string of the molecule is CN(C)[C@@H]1C(O)=C(C(=O)NCN2CCN(C(=N)NC(=N)N)CC2)C(=O)[C@@]2(O)C(O)=C3C(=O)c4c(O)cccc4[C@@](C)(O)[C@H]3C[C@@H]12.CN(C)[C@@H]1C(O)=C(C(N)=O)C(=O)[C@@]2(O)C(O)=C3C(=O)c4c(O)ccc(Cl)c4[C@@H](O)[C@H]3C[C@@H]12. The number of benzene rings is 2. The number of Topliss-reactive ketones (excluding diaryl/α,β-unsaturated/α-hetero) is 4. The molecule has 9 rings (SSSR count). The third kappa shape index (κ3) is 8.37. The Morgan fingerprint density at radius 3 is 1.83 bits per heavy atom. The summed E-state index contributed by atoms with van der Waals surface area (Å²) in [7, 11) is 6.13. The molecule has 10 atom stereocenters. The van der Waals surface area contributed by atoms with Crippen molar-refractivity contribution in [3.8, 4) is 11.5 Å². The van der Waals surface area contributed by atoms with Crippen LogP contribution in [0.1, 0.15) is 57.7 Å². The van der Waals surface area contributed by atoms with Crippen molar-refractivity contribution in [1.82, 2.24) is 30.2 Å². The number of nitrogens with one attached hydrogen (secondary N) is 4. The van der Waals surface area contributed by atoms with E-state index in [1.807, 2.05) is 4.90 Å². The maximum Gasteiger partial charge on any atom is 0.259 e. The van der Waals surface area contributed by atoms with E-state index < -0.39 is 150 Å². The number of hydrogen-bond acceptors (Lipinski definition) is 21. The molecule has 0 bridgehead atoms. The zero-order chi connectivity index (χ0) is 57.0. The fourth-order valence-electron chi connectivity index (χ4n) is 12.3. The lowest BCUT2D eigenvalue weighted by Crippen LogP contribution is -2.65. The smallest absolute Gasteiger partial charge is 0.259 e. The highest BCUT2D eigenvalue weighted by atomic mass is 35.5. The number of amides is 2. The van der Waals surface area contributed by atoms with Gasteiger partial charge in [0.2, 0.25) is 11.6 Å². The first-order chi connectivity index (χ1) is 35.9. The number of likely N-dealkylation sites (N-methyl/N-ethyl adjacent to an activating group) is 2. The summed E-state index contributed by atoms with van der Waals surface area (Å²) in [6.07, 6.45) is -1.93. The highest BCUT2D eigenvalue weighted by Crippen LogP contribution is 2.58. The van der Waals surface area contributed by atoms with Gasteiger partial charge in [-0.05, 0) is 71.7 Å². The van der Waals surface area contributed by atoms with E-state index in [-0.39, 0.29) is 58.7 Å². The van der Waals surface area contributed by atoms with Gasteiger partial charge in [0.1, 0.15) is 45.7 Å². The fraction of sp³-hybridized carbons (Fsp3) is 0.440. The van der Waals surface area contributed by atoms with Gasteiger partial charge >= 0.3 is 0 Å². The van der Waals surface area contributed by atoms with Crippen LogP contribution in [0.15, 0.2) is 75.7 Å². The summed E-state index contributed by atoms with van der Waals surface area (Å²) >= 11 is 6.17. The molecular formula is C50H59ClN10O16. The van der Waals surface area contributed by atoms with Crippen LogP contribution in [0.4, 0.5) is 0 Å². The molecule has 0 saturated carbocycles. The number of aliphatic hydroxyl groups is 8. The molecule has 2 aromatic carbocycles. The molecule has 1 fully saturated rings. The summed E-state index contributed by atoms with van der Waals surface area (Å²) in [4.78, 5) is 85.8. The number of aliphatic hydroxyl groups excluding tert-OH is 5. The van der Waals surface area contributed by atoms with Crippen molar-refractivity contribution in [1.29, 1.82) is 10.8 Å². The highest BCUT2D eigenvalue weighted by molar-refractivity contribution is 6.33. The molecule has 2 amide bonds. The molecule has 1 heterocycles. The Morgan fingerprint density at radius 2 is 1.27 bits per heavy atom. The molecule has 1 aliphatic heterocycles. The quantitative estimate of drug-likeness (QED) is 0.0906. The summed E-state index contributed by atoms with van der Waals surface area (Å²) in [5.74, 6) is -16.2. The minimum atomic E-state index is -2.80. The van der Waals surface area contributed by atoms with Gasteiger partial charge < -0.3 is 72.7 Å². The summed E-state index contributed by atoms with van der Waals surface area (Å²) in [5, 5.41) is 132. The predicted molar refractivity (Wildman–Crippen MR) is 269 cm³/mol. The van der Waals surface area contributed by atoms with E-state index in [2.05, 4.69) is 10.6 Å². The first kappa shape index (κ1) is 55.8. The van der Waals surface area contributed by atoms with Crippen molar-refractivity contribution >= 4 is 58.5 Å². The summed E-state index contributed by atoms with van der Waals surface area (Å²) in [5.41, 5.74) is 0.0450. The molecule has 26 nitrogen and oxygen atoms in total. The Kier molecular flexibility index (Phi) is 14.2. The Morgan fingerprint density at radius 1 is 0.753 bits per heavy atom. The second-order valence-corrected chi connectivity index (χ2v) is 21.1. The average Bonchev–Trinajstić information content (AvgIpc) is 3.52. The van der Waals surface area contributed by atoms with Gasteiger partial charge in [-0.15, -0.1) is 0 Å². The number of halogens is 1. The monoisotopic (exact) mass is 1090 g/mol. The number of rotatable bonds is 6. The number of hydrogen-bond donors (Lipinski definition) is 16. The number of fused-ring (bicyclic) bond motifs is 6. The number of carbonyl (C=O) groups excluding carboxylic acids is 6. The van der Waals surface area contributed by atoms with E-state index in [4.69, 9.17) is 33.9 Å². The van der Waals surface area contributed by atoms with Gasteiger partial charge in [0.25, 0.3) is 11.8 Å². The lowest BCUT2D eigenvalue weighted by atomic mass is 9.55. The molecule has 0 unspecified atom stereocenters. The van der Waals surface area contributed by atoms with Crippen molar-refractivity contribution in [3.63, 3.8) is 0 Å². The molecule has 6 aliphatic carbocycles. The number of piperazine rings is 1. The van der Waals surface area contributed by atoms with E-state index in [1.165, 1.54) is 55.1 Å². The van der Waals surface area contributed by atoms with Crippen LogP contribution in [0.25, 0.3) is 0 Å². The van der Waals surface area contributed by atoms with Crippen molar-refractivity contribution in [2.75, 3.05) is 61.0 Å². The Labute approximate surface area is 443 Å². The number of ketones is 4. The van der Waals surface area contributed by atoms with Crippen LogP contribution < -0.4 is 22.1 Å². The van der Waals surface area contributed by atoms with Gasteiger partial charge in [-0.25, -0.2) is 0 Å². The van der Waals surface area contributed by atoms with Gasteiger partial charge in [-0.2, -0.15) is 0 Å². The average molecular weight is 1090 g/mol. The van der Waals surface area contributed by atoms with E-state index in [0.717, 1.165) is 6.07 Å². The van der Waals surface area contributed by atoms with Crippen molar-refractivity contribution < 1.29 is 79.8 Å². The summed E-state index contributed by atoms with van der Waals surface area (Å²) in [6.45, 7) is 2.92. The first-order valence-electron chi connectivity index (χ1n) is 24.1. The predicted octanol–water partition coefficient (Wildman–Crippen LogP) is -1.33. The topological polar surface area (TPSA) is 441 Å². The number of nitrogens with zero attached hydrogens (tertiary/aromatic N) is 4. The van der Waals surface area contributed by atoms with Crippen LogP contribution in [-0.4, -0.2) is 202 Å². The third-order valence-corrected chi connectivity index (χ3v) is 16.4. The number of nitrogens with two attached hydrogens (primary N) is 2. The number of phenols is 2. The summed E-state index contributed by atoms with van der Waals surface area (Å²) in [6, 6.07) is 4.32. The number of aromatic hydroxyl groups is 2. The van der Waals surface area contributed by atoms with Gasteiger partial charge in [0, 0.05) is 71.6 Å². The van der Waals surface area contributed by atoms with Crippen LogP contribution in [0.3, 0.4) is 0 Å². The molecule has 27 heteroatoms. The Hall–Kier alpha value is -7.43. The molecule has 412 valence electrons. The van der Waals surface area contributed by atoms with Crippen LogP contribution in [0, 0.1) is 34.5 Å². The van der Waals surface area contributed by atoms with Crippen LogP contribution in [-0.2, 0) is 24.8 Å². The lowest BCUT2D eigenvalue weighted by Gasteiger charge is -2.52. The first-order valence-corrected chi connectivity index (χ1v) is 24.5. The molecule has 2 aromatic rings. The maximum absolute atomic E-state index is 14.0. The number of phenolic OH excluding ortho intramolecular Hbond substituents is 2. The summed E-state index contributed by atoms with van der Waals surface area (Å²) < 4.78 is 0. The minimum Gasteiger partial charge on any atom is -0.510 e. The van der Waals surface area contributed by atoms with Gasteiger partial charge in [-0.1, -0.05) is 23.7 Å². The van der Waals surface area contributed by atoms with Crippen molar-refractivity contribution in [2.45, 2.75) is 54.8 Å². The zero-order valence-corrected chi connectivity index (χ0v) is 42.9. The molecule has 1 saturated heterocycles. The molecule has 0 aromatic heterocycles. The number of primary amides is 1. The zero-order valence-electron chi connectivity index (χ0n) is 42.1. The highest BCUT2D eigenvalue weighted by Gasteiger charge is 2.67. The van der Waals surface area contributed by atoms with Crippen molar-refractivity contribution in [3.05, 3.63) is 103 Å². The standard InChI is InChI=1S/C29H38N8O8.C21H21ClN2O8/c1-28(44)13-5-4-6-16(38)17(13)21(39)18-14(28)11-15-20(35(2)3)22(40)19(24(42)29(15,45)23(18)41)25(43)33-12-36-7-9-37(10-8-36)27(32)34-26(30)31;1-24(2)14-7-5-6-10(16(27)12-9(25)4-3-8(22)11(12)15(6)26)18(29)21(7,32)19(30)13(17(14)28)20(23)31/h4-6,14-15,20,38,40-41,44-45H,7-12H2,1-3H3,(H,33,43)(H5,30,31,32,34);3-4,6-7,14-15,25-26,28-29,32H,5H2,1-2H3,(H2,23,31)/t14-,15-,20-,28+,29-;6-,7-,14-,15-,21-/m00/s1. The van der Waals surface area contributed by atoms with Crippen LogP contribution in [0.2, 0.25) is 5.02 Å². The van der Waals surface area contributed by atoms with Crippen LogP contribution >= 0.6 is 11.6 Å². The fourth-order valence-corrected chi connectivity index (χ4v) is 12.6. The lowest BCUT2D eigenvalue weighted by molar-refractivity contribution is -0.152. The van der Waals surface area contributed by atoms with Crippen LogP contribution in [0.5, 0.6) is 11.5 Å². The van der Waals surface area contributed by atoms with Gasteiger partial charge in [-0.3, -0.25) is 59.6 Å². The number of guanidine groups is 2. The third-order valence-electron chi connectivity index (χ3n) is 16.1. The van der Waals surface area contributed by atoms with E-state index in [9.17, 15) is 79.8 Å². The largest absolute Gasteiger partial charge is 0.510 e. The molecule has 77 heavy (non-hydrogen) atoms. The Bertz CT molecular complexity index is 3130. The van der Waals surface area contributed by atoms with Crippen molar-refractivity contribution in [2.24, 2.45) is 35.1 Å². The Balaban J connectivity index is 0.000000216. The van der Waals surface area contributed by atoms with Gasteiger partial charge in [0.15, 0.2) is 34.7 Å². The van der Waals surface area contributed by atoms with E-state index in [0.29, 0.717) is 26.2 Å². The minimum absolute atomic E-state index is 0.0145. The van der Waals surface area contributed by atoms with E-state index >= 15 is 0 Å². The molecule has 0 spiro atoms. The molecule has 18 N–H and O–H groups in total. The molecular weight excluding hydrogens is 1030 g/mol. The van der Waals surface area contributed by atoms with Gasteiger partial charge in [0.05, 0.1) is 41.6 Å². The second kappa shape index (κ2) is 19.5.